The van der Waals surface area contributed by atoms with Crippen LogP contribution < -0.4 is 11.0 Å². The van der Waals surface area contributed by atoms with Crippen molar-refractivity contribution in [3.8, 4) is 0 Å². The summed E-state index contributed by atoms with van der Waals surface area (Å²) in [5.74, 6) is -0.454. The minimum Gasteiger partial charge on any atom is -0.302 e. The molecule has 2 aromatic rings. The number of fused-ring (bicyclic) bond motifs is 1. The monoisotopic (exact) mass is 417 g/mol. The van der Waals surface area contributed by atoms with Gasteiger partial charge in [0, 0.05) is 30.0 Å². The number of nitrogens with zero attached hydrogens (tertiary/aromatic N) is 1. The van der Waals surface area contributed by atoms with Crippen LogP contribution in [0.2, 0.25) is 0 Å². The van der Waals surface area contributed by atoms with Crippen LogP contribution in [-0.4, -0.2) is 36.3 Å². The van der Waals surface area contributed by atoms with Crippen molar-refractivity contribution in [2.24, 2.45) is 0 Å². The Labute approximate surface area is 168 Å². The molecule has 0 radical (unpaired) electrons. The Morgan fingerprint density at radius 2 is 1.93 bits per heavy atom. The number of nitrogens with one attached hydrogen (secondary N) is 2. The Balaban J connectivity index is 1.89. The van der Waals surface area contributed by atoms with Crippen molar-refractivity contribution in [3.05, 3.63) is 56.5 Å². The van der Waals surface area contributed by atoms with Crippen molar-refractivity contribution in [2.75, 3.05) is 6.26 Å². The number of hydrogen-bond acceptors (Lipinski definition) is 6. The molecule has 29 heavy (non-hydrogen) atoms. The van der Waals surface area contributed by atoms with Crippen LogP contribution in [0.3, 0.4) is 0 Å². The first-order valence-electron chi connectivity index (χ1n) is 9.25. The van der Waals surface area contributed by atoms with Crippen molar-refractivity contribution in [3.63, 3.8) is 0 Å². The highest BCUT2D eigenvalue weighted by Crippen LogP contribution is 2.45. The second kappa shape index (κ2) is 6.17. The van der Waals surface area contributed by atoms with Crippen LogP contribution in [0.5, 0.6) is 0 Å². The van der Waals surface area contributed by atoms with E-state index in [1.807, 2.05) is 20.8 Å². The molecule has 4 rings (SSSR count). The molecule has 1 unspecified atom stereocenters. The molecular weight excluding hydrogens is 394 g/mol. The van der Waals surface area contributed by atoms with Gasteiger partial charge in [0.1, 0.15) is 11.7 Å². The summed E-state index contributed by atoms with van der Waals surface area (Å²) in [7, 11) is -3.54. The van der Waals surface area contributed by atoms with Crippen LogP contribution in [0, 0.1) is 6.92 Å². The molecule has 0 saturated heterocycles. The molecule has 1 aromatic heterocycles. The molecule has 0 spiro atoms. The number of H-pyrrole nitrogens is 1. The van der Waals surface area contributed by atoms with Crippen molar-refractivity contribution in [1.82, 2.24) is 15.3 Å². The van der Waals surface area contributed by atoms with Crippen molar-refractivity contribution >= 4 is 21.3 Å². The SMILES string of the molecule is Cc1c(C(=O)c2c[nH]n(C(C)(C)C)c2=O)ccc(S(C)(=O)=O)c1C1=C2CC2ON1. The first kappa shape index (κ1) is 19.7. The number of benzene rings is 1. The van der Waals surface area contributed by atoms with E-state index in [9.17, 15) is 18.0 Å². The summed E-state index contributed by atoms with van der Waals surface area (Å²) in [5.41, 5.74) is 4.68. The van der Waals surface area contributed by atoms with Crippen molar-refractivity contribution in [2.45, 2.75) is 50.7 Å². The molecule has 1 saturated carbocycles. The third-order valence-corrected chi connectivity index (χ3v) is 6.41. The first-order chi connectivity index (χ1) is 13.4. The second-order valence-corrected chi connectivity index (χ2v) is 10.5. The van der Waals surface area contributed by atoms with Gasteiger partial charge in [-0.15, -0.1) is 0 Å². The van der Waals surface area contributed by atoms with Gasteiger partial charge in [-0.3, -0.25) is 19.9 Å². The highest BCUT2D eigenvalue weighted by molar-refractivity contribution is 7.90. The molecule has 2 N–H and O–H groups in total. The van der Waals surface area contributed by atoms with Crippen LogP contribution in [-0.2, 0) is 20.2 Å². The van der Waals surface area contributed by atoms with Gasteiger partial charge in [0.2, 0.25) is 0 Å². The maximum atomic E-state index is 13.2. The number of hydrogen-bond donors (Lipinski definition) is 2. The number of carbonyl (C=O) groups is 1. The van der Waals surface area contributed by atoms with Gasteiger partial charge in [-0.25, -0.2) is 13.1 Å². The Hall–Kier alpha value is -2.65. The number of hydroxylamine groups is 1. The standard InChI is InChI=1S/C20H23N3O5S/c1-10-11(18(24)13-9-21-23(19(13)25)20(2,3)4)6-7-15(29(5,26)27)16(10)17-12-8-14(12)28-22-17/h6-7,9,14,21-22H,8H2,1-5H3. The fourth-order valence-electron chi connectivity index (χ4n) is 3.65. The summed E-state index contributed by atoms with van der Waals surface area (Å²) in [6.45, 7) is 7.26. The minimum absolute atomic E-state index is 0.0127. The predicted molar refractivity (Wildman–Crippen MR) is 107 cm³/mol. The smallest absolute Gasteiger partial charge is 0.278 e. The molecule has 8 nitrogen and oxygen atoms in total. The summed E-state index contributed by atoms with van der Waals surface area (Å²) in [4.78, 5) is 31.5. The zero-order chi connectivity index (χ0) is 21.3. The Morgan fingerprint density at radius 3 is 2.41 bits per heavy atom. The van der Waals surface area contributed by atoms with Crippen LogP contribution in [0.4, 0.5) is 0 Å². The maximum absolute atomic E-state index is 13.2. The summed E-state index contributed by atoms with van der Waals surface area (Å²) in [6.07, 6.45) is 3.22. The van der Waals surface area contributed by atoms with E-state index in [0.29, 0.717) is 16.8 Å². The lowest BCUT2D eigenvalue weighted by molar-refractivity contribution is 0.0828. The van der Waals surface area contributed by atoms with E-state index in [2.05, 4.69) is 10.6 Å². The third kappa shape index (κ3) is 3.14. The molecule has 154 valence electrons. The topological polar surface area (TPSA) is 110 Å². The van der Waals surface area contributed by atoms with Crippen molar-refractivity contribution in [1.29, 1.82) is 0 Å². The van der Waals surface area contributed by atoms with E-state index in [-0.39, 0.29) is 22.1 Å². The summed E-state index contributed by atoms with van der Waals surface area (Å²) in [5, 5.41) is 2.85. The highest BCUT2D eigenvalue weighted by Gasteiger charge is 2.42. The van der Waals surface area contributed by atoms with E-state index in [4.69, 9.17) is 4.84 Å². The average molecular weight is 417 g/mol. The highest BCUT2D eigenvalue weighted by atomic mass is 32.2. The van der Waals surface area contributed by atoms with Crippen LogP contribution >= 0.6 is 0 Å². The molecule has 0 amide bonds. The Morgan fingerprint density at radius 1 is 1.24 bits per heavy atom. The zero-order valence-corrected chi connectivity index (χ0v) is 17.7. The summed E-state index contributed by atoms with van der Waals surface area (Å²) < 4.78 is 26.1. The average Bonchev–Trinajstić information content (AvgIpc) is 3.08. The van der Waals surface area contributed by atoms with E-state index < -0.39 is 26.7 Å². The Bertz CT molecular complexity index is 1240. The van der Waals surface area contributed by atoms with Gasteiger partial charge in [-0.05, 0) is 51.0 Å². The van der Waals surface area contributed by atoms with Gasteiger partial charge in [-0.2, -0.15) is 0 Å². The first-order valence-corrected chi connectivity index (χ1v) is 11.1. The third-order valence-electron chi connectivity index (χ3n) is 5.27. The van der Waals surface area contributed by atoms with E-state index in [1.165, 1.54) is 23.0 Å². The van der Waals surface area contributed by atoms with Gasteiger partial charge in [0.25, 0.3) is 5.56 Å². The van der Waals surface area contributed by atoms with Gasteiger partial charge >= 0.3 is 0 Å². The van der Waals surface area contributed by atoms with Gasteiger partial charge in [-0.1, -0.05) is 0 Å². The fraction of sp³-hybridized carbons (Fsp3) is 0.400. The maximum Gasteiger partial charge on any atom is 0.278 e. The number of ketones is 1. The van der Waals surface area contributed by atoms with Crippen molar-refractivity contribution < 1.29 is 18.0 Å². The molecule has 1 aliphatic heterocycles. The zero-order valence-electron chi connectivity index (χ0n) is 16.9. The number of rotatable bonds is 4. The lowest BCUT2D eigenvalue weighted by atomic mass is 9.95. The molecule has 1 atom stereocenters. The molecular formula is C20H23N3O5S. The largest absolute Gasteiger partial charge is 0.302 e. The summed E-state index contributed by atoms with van der Waals surface area (Å²) >= 11 is 0. The van der Waals surface area contributed by atoms with Crippen LogP contribution in [0.25, 0.3) is 5.70 Å². The summed E-state index contributed by atoms with van der Waals surface area (Å²) in [6, 6.07) is 2.89. The van der Waals surface area contributed by atoms with Crippen LogP contribution in [0.1, 0.15) is 54.2 Å². The predicted octanol–water partition coefficient (Wildman–Crippen LogP) is 1.89. The minimum atomic E-state index is -3.54. The molecule has 9 heteroatoms. The molecule has 1 fully saturated rings. The lowest BCUT2D eigenvalue weighted by Crippen LogP contribution is -2.34. The Kier molecular flexibility index (Phi) is 4.18. The van der Waals surface area contributed by atoms with Crippen LogP contribution in [0.15, 0.2) is 33.6 Å². The van der Waals surface area contributed by atoms with E-state index >= 15 is 0 Å². The van der Waals surface area contributed by atoms with Gasteiger partial charge in [0.05, 0.1) is 16.1 Å². The van der Waals surface area contributed by atoms with E-state index in [1.54, 1.807) is 6.92 Å². The molecule has 2 heterocycles. The number of carbonyl (C=O) groups excluding carboxylic acids is 1. The van der Waals surface area contributed by atoms with Gasteiger partial charge in [0.15, 0.2) is 15.6 Å². The molecule has 1 aromatic carbocycles. The second-order valence-electron chi connectivity index (χ2n) is 8.52. The molecule has 0 bridgehead atoms. The van der Waals surface area contributed by atoms with E-state index in [0.717, 1.165) is 18.2 Å². The van der Waals surface area contributed by atoms with Gasteiger partial charge < -0.3 is 5.10 Å². The number of aromatic amines is 1. The quantitative estimate of drug-likeness (QED) is 0.735. The lowest BCUT2D eigenvalue weighted by Gasteiger charge is -2.19. The fourth-order valence-corrected chi connectivity index (χ4v) is 4.59. The molecule has 1 aliphatic carbocycles. The normalized spacial score (nSPS) is 18.6. The number of sulfone groups is 1. The number of aromatic nitrogens is 2. The molecule has 2 aliphatic rings.